The second-order valence-corrected chi connectivity index (χ2v) is 7.75. The Labute approximate surface area is 181 Å². The highest BCUT2D eigenvalue weighted by Crippen LogP contribution is 2.32. The van der Waals surface area contributed by atoms with Crippen molar-refractivity contribution in [1.29, 1.82) is 0 Å². The van der Waals surface area contributed by atoms with Gasteiger partial charge in [-0.05, 0) is 44.0 Å². The summed E-state index contributed by atoms with van der Waals surface area (Å²) in [5, 5.41) is 4.35. The first-order valence-corrected chi connectivity index (χ1v) is 10.3. The van der Waals surface area contributed by atoms with E-state index >= 15 is 0 Å². The fourth-order valence-corrected chi connectivity index (χ4v) is 3.75. The number of rotatable bonds is 4. The van der Waals surface area contributed by atoms with Crippen LogP contribution in [0.2, 0.25) is 0 Å². The molecule has 0 bridgehead atoms. The van der Waals surface area contributed by atoms with Crippen LogP contribution in [0.4, 0.5) is 11.9 Å². The third-order valence-electron chi connectivity index (χ3n) is 5.55. The van der Waals surface area contributed by atoms with Crippen LogP contribution in [0.3, 0.4) is 0 Å². The maximum absolute atomic E-state index is 4.85. The smallest absolute Gasteiger partial charge is 0.230 e. The summed E-state index contributed by atoms with van der Waals surface area (Å²) in [4.78, 5) is 17.7. The van der Waals surface area contributed by atoms with E-state index in [2.05, 4.69) is 65.5 Å². The summed E-state index contributed by atoms with van der Waals surface area (Å²) < 4.78 is 0. The fraction of sp³-hybridized carbons (Fsp3) is 0.115. The Bertz CT molecular complexity index is 1310. The lowest BCUT2D eigenvalue weighted by Crippen LogP contribution is -2.01. The van der Waals surface area contributed by atoms with Crippen LogP contribution in [0, 0.1) is 20.8 Å². The van der Waals surface area contributed by atoms with E-state index in [1.807, 2.05) is 43.3 Å². The van der Waals surface area contributed by atoms with Crippen molar-refractivity contribution in [3.63, 3.8) is 0 Å². The number of nitrogens with one attached hydrogen (secondary N) is 2. The van der Waals surface area contributed by atoms with Crippen LogP contribution >= 0.6 is 0 Å². The third kappa shape index (κ3) is 3.66. The summed E-state index contributed by atoms with van der Waals surface area (Å²) in [6.07, 6.45) is 0. The predicted octanol–water partition coefficient (Wildman–Crippen LogP) is 6.36. The van der Waals surface area contributed by atoms with Gasteiger partial charge in [-0.25, -0.2) is 15.0 Å². The first kappa shape index (κ1) is 19.0. The zero-order valence-electron chi connectivity index (χ0n) is 17.8. The zero-order chi connectivity index (χ0) is 21.4. The van der Waals surface area contributed by atoms with Gasteiger partial charge in [-0.15, -0.1) is 0 Å². The van der Waals surface area contributed by atoms with Crippen LogP contribution in [0.5, 0.6) is 0 Å². The SMILES string of the molecule is Cc1cc2nc(Nc3nc(-c4ccccc4)c(-c4ccccc4)[nH]3)nc(C)c2cc1C. The molecule has 0 atom stereocenters. The van der Waals surface area contributed by atoms with Gasteiger partial charge in [0.2, 0.25) is 11.9 Å². The number of hydrogen-bond acceptors (Lipinski definition) is 4. The lowest BCUT2D eigenvalue weighted by atomic mass is 10.1. The molecule has 0 radical (unpaired) electrons. The molecular weight excluding hydrogens is 382 g/mol. The van der Waals surface area contributed by atoms with E-state index in [4.69, 9.17) is 9.97 Å². The number of aromatic amines is 1. The molecule has 0 amide bonds. The minimum atomic E-state index is 0.529. The molecule has 152 valence electrons. The molecule has 2 heterocycles. The quantitative estimate of drug-likeness (QED) is 0.365. The maximum Gasteiger partial charge on any atom is 0.230 e. The van der Waals surface area contributed by atoms with E-state index < -0.39 is 0 Å². The maximum atomic E-state index is 4.85. The zero-order valence-corrected chi connectivity index (χ0v) is 17.8. The Morgan fingerprint density at radius 2 is 1.35 bits per heavy atom. The van der Waals surface area contributed by atoms with Crippen molar-refractivity contribution in [3.8, 4) is 22.5 Å². The van der Waals surface area contributed by atoms with Crippen LogP contribution in [0.25, 0.3) is 33.4 Å². The molecule has 0 aliphatic heterocycles. The van der Waals surface area contributed by atoms with Crippen LogP contribution in [-0.4, -0.2) is 19.9 Å². The second kappa shape index (κ2) is 7.69. The van der Waals surface area contributed by atoms with Crippen LogP contribution in [0.15, 0.2) is 72.8 Å². The summed E-state index contributed by atoms with van der Waals surface area (Å²) >= 11 is 0. The number of imidazole rings is 1. The minimum absolute atomic E-state index is 0.529. The minimum Gasteiger partial charge on any atom is -0.323 e. The molecule has 5 aromatic rings. The average molecular weight is 406 g/mol. The molecule has 3 aromatic carbocycles. The van der Waals surface area contributed by atoms with Gasteiger partial charge in [-0.2, -0.15) is 0 Å². The molecule has 5 heteroatoms. The predicted molar refractivity (Wildman–Crippen MR) is 126 cm³/mol. The molecule has 0 unspecified atom stereocenters. The number of benzene rings is 3. The summed E-state index contributed by atoms with van der Waals surface area (Å²) in [7, 11) is 0. The summed E-state index contributed by atoms with van der Waals surface area (Å²) in [6, 6.07) is 24.6. The lowest BCUT2D eigenvalue weighted by Gasteiger charge is -2.08. The molecule has 5 nitrogen and oxygen atoms in total. The van der Waals surface area contributed by atoms with Gasteiger partial charge in [0.05, 0.1) is 22.6 Å². The molecule has 0 aliphatic rings. The first-order chi connectivity index (χ1) is 15.1. The molecule has 0 saturated heterocycles. The van der Waals surface area contributed by atoms with Gasteiger partial charge in [0, 0.05) is 16.5 Å². The van der Waals surface area contributed by atoms with E-state index in [-0.39, 0.29) is 0 Å². The van der Waals surface area contributed by atoms with Crippen molar-refractivity contribution in [1.82, 2.24) is 19.9 Å². The Kier molecular flexibility index (Phi) is 4.71. The normalized spacial score (nSPS) is 11.1. The standard InChI is InChI=1S/C26H23N5/c1-16-14-21-18(3)27-25(28-22(21)15-17(16)2)31-26-29-23(19-10-6-4-7-11-19)24(30-26)20-12-8-5-9-13-20/h4-15H,1-3H3,(H2,27,28,29,30,31). The highest BCUT2D eigenvalue weighted by Gasteiger charge is 2.15. The highest BCUT2D eigenvalue weighted by molar-refractivity contribution is 5.84. The Balaban J connectivity index is 1.58. The number of anilines is 2. The Morgan fingerprint density at radius 3 is 2.06 bits per heavy atom. The van der Waals surface area contributed by atoms with Gasteiger partial charge in [0.1, 0.15) is 0 Å². The molecule has 5 rings (SSSR count). The molecule has 2 N–H and O–H groups in total. The summed E-state index contributed by atoms with van der Waals surface area (Å²) in [6.45, 7) is 6.22. The van der Waals surface area contributed by atoms with E-state index in [9.17, 15) is 0 Å². The summed E-state index contributed by atoms with van der Waals surface area (Å²) in [5.74, 6) is 1.14. The van der Waals surface area contributed by atoms with Crippen molar-refractivity contribution < 1.29 is 0 Å². The van der Waals surface area contributed by atoms with Crippen LogP contribution in [0.1, 0.15) is 16.8 Å². The summed E-state index contributed by atoms with van der Waals surface area (Å²) in [5.41, 5.74) is 8.29. The van der Waals surface area contributed by atoms with E-state index in [0.717, 1.165) is 39.1 Å². The number of aryl methyl sites for hydroxylation is 3. The number of aromatic nitrogens is 4. The second-order valence-electron chi connectivity index (χ2n) is 7.75. The van der Waals surface area contributed by atoms with Crippen molar-refractivity contribution in [3.05, 3.63) is 89.6 Å². The number of nitrogens with zero attached hydrogens (tertiary/aromatic N) is 3. The average Bonchev–Trinajstić information content (AvgIpc) is 3.20. The fourth-order valence-electron chi connectivity index (χ4n) is 3.75. The van der Waals surface area contributed by atoms with Crippen molar-refractivity contribution >= 4 is 22.8 Å². The number of fused-ring (bicyclic) bond motifs is 1. The molecule has 0 aliphatic carbocycles. The number of H-pyrrole nitrogens is 1. The van der Waals surface area contributed by atoms with E-state index in [1.165, 1.54) is 11.1 Å². The molecule has 2 aromatic heterocycles. The highest BCUT2D eigenvalue weighted by atomic mass is 15.2. The molecule has 0 saturated carbocycles. The molecule has 0 spiro atoms. The van der Waals surface area contributed by atoms with Gasteiger partial charge in [0.25, 0.3) is 0 Å². The van der Waals surface area contributed by atoms with E-state index in [0.29, 0.717) is 11.9 Å². The Hall–Kier alpha value is -3.99. The van der Waals surface area contributed by atoms with Crippen molar-refractivity contribution in [2.24, 2.45) is 0 Å². The molecule has 31 heavy (non-hydrogen) atoms. The lowest BCUT2D eigenvalue weighted by molar-refractivity contribution is 1.12. The third-order valence-corrected chi connectivity index (χ3v) is 5.55. The van der Waals surface area contributed by atoms with Crippen LogP contribution in [-0.2, 0) is 0 Å². The van der Waals surface area contributed by atoms with Crippen molar-refractivity contribution in [2.75, 3.05) is 5.32 Å². The molecule has 0 fully saturated rings. The number of hydrogen-bond donors (Lipinski definition) is 2. The van der Waals surface area contributed by atoms with Gasteiger partial charge in [-0.1, -0.05) is 60.7 Å². The van der Waals surface area contributed by atoms with Gasteiger partial charge in [-0.3, -0.25) is 5.32 Å². The van der Waals surface area contributed by atoms with Crippen molar-refractivity contribution in [2.45, 2.75) is 20.8 Å². The van der Waals surface area contributed by atoms with Gasteiger partial charge in [0.15, 0.2) is 0 Å². The molecular formula is C26H23N5. The monoisotopic (exact) mass is 405 g/mol. The first-order valence-electron chi connectivity index (χ1n) is 10.3. The van der Waals surface area contributed by atoms with E-state index in [1.54, 1.807) is 0 Å². The van der Waals surface area contributed by atoms with Gasteiger partial charge < -0.3 is 4.98 Å². The van der Waals surface area contributed by atoms with Crippen LogP contribution < -0.4 is 5.32 Å². The largest absolute Gasteiger partial charge is 0.323 e. The van der Waals surface area contributed by atoms with Gasteiger partial charge >= 0.3 is 0 Å². The Morgan fingerprint density at radius 1 is 0.710 bits per heavy atom. The topological polar surface area (TPSA) is 66.5 Å².